The minimum absolute atomic E-state index is 0.0215. The third kappa shape index (κ3) is 7.43. The average molecular weight is 563 g/mol. The van der Waals surface area contributed by atoms with Crippen LogP contribution in [0.25, 0.3) is 0 Å². The second-order valence-corrected chi connectivity index (χ2v) is 14.0. The van der Waals surface area contributed by atoms with Gasteiger partial charge in [0.05, 0.1) is 16.2 Å². The number of nitrogens with zero attached hydrogens (tertiary/aromatic N) is 5. The van der Waals surface area contributed by atoms with Gasteiger partial charge in [-0.15, -0.1) is 11.8 Å². The summed E-state index contributed by atoms with van der Waals surface area (Å²) in [5.74, 6) is 0.637. The summed E-state index contributed by atoms with van der Waals surface area (Å²) in [5.41, 5.74) is 0. The van der Waals surface area contributed by atoms with Crippen LogP contribution in [0.15, 0.2) is 10.4 Å². The molecule has 0 aromatic carbocycles. The number of piperidine rings is 1. The highest BCUT2D eigenvalue weighted by molar-refractivity contribution is 8.01. The van der Waals surface area contributed by atoms with Crippen molar-refractivity contribution in [1.29, 1.82) is 0 Å². The normalized spacial score (nSPS) is 23.4. The molecule has 2 saturated heterocycles. The second-order valence-electron chi connectivity index (χ2n) is 11.6. The average Bonchev–Trinajstić information content (AvgIpc) is 3.40. The quantitative estimate of drug-likeness (QED) is 0.473. The van der Waals surface area contributed by atoms with E-state index in [2.05, 4.69) is 32.0 Å². The van der Waals surface area contributed by atoms with Gasteiger partial charge in [0.15, 0.2) is 5.13 Å². The van der Waals surface area contributed by atoms with Crippen molar-refractivity contribution in [2.45, 2.75) is 99.4 Å². The van der Waals surface area contributed by atoms with Gasteiger partial charge in [-0.05, 0) is 58.7 Å². The number of urea groups is 1. The number of amides is 3. The van der Waals surface area contributed by atoms with E-state index in [0.29, 0.717) is 29.0 Å². The van der Waals surface area contributed by atoms with Crippen molar-refractivity contribution in [2.24, 2.45) is 0 Å². The molecule has 3 heterocycles. The number of carbonyl (C=O) groups is 2. The Kier molecular flexibility index (Phi) is 10.2. The Labute approximate surface area is 236 Å². The fourth-order valence-corrected chi connectivity index (χ4v) is 8.57. The third-order valence-electron chi connectivity index (χ3n) is 9.08. The Hall–Kier alpha value is -1.36. The van der Waals surface area contributed by atoms with Crippen LogP contribution in [-0.4, -0.2) is 107 Å². The fourth-order valence-electron chi connectivity index (χ4n) is 6.81. The van der Waals surface area contributed by atoms with Crippen molar-refractivity contribution in [3.05, 3.63) is 6.20 Å². The molecule has 0 unspecified atom stereocenters. The minimum atomic E-state index is 0.0215. The molecule has 4 aliphatic rings. The summed E-state index contributed by atoms with van der Waals surface area (Å²) in [6.45, 7) is 5.98. The molecule has 3 amide bonds. The number of carbonyl (C=O) groups excluding carboxylic acids is 2. The maximum absolute atomic E-state index is 13.5. The smallest absolute Gasteiger partial charge is 0.324 e. The first-order chi connectivity index (χ1) is 18.6. The van der Waals surface area contributed by atoms with Crippen molar-refractivity contribution < 1.29 is 9.59 Å². The maximum Gasteiger partial charge on any atom is 0.324 e. The molecular weight excluding hydrogens is 516 g/mol. The van der Waals surface area contributed by atoms with Crippen molar-refractivity contribution in [1.82, 2.24) is 24.6 Å². The Balaban J connectivity index is 1.08. The highest BCUT2D eigenvalue weighted by Gasteiger charge is 2.33. The summed E-state index contributed by atoms with van der Waals surface area (Å²) in [6, 6.07) is 1.42. The molecule has 1 N–H and O–H groups in total. The van der Waals surface area contributed by atoms with Crippen molar-refractivity contribution in [2.75, 3.05) is 57.4 Å². The summed E-state index contributed by atoms with van der Waals surface area (Å²) in [4.78, 5) is 40.1. The van der Waals surface area contributed by atoms with Crippen LogP contribution in [0.2, 0.25) is 0 Å². The van der Waals surface area contributed by atoms with E-state index < -0.39 is 0 Å². The van der Waals surface area contributed by atoms with Gasteiger partial charge in [-0.25, -0.2) is 9.78 Å². The Morgan fingerprint density at radius 3 is 2.13 bits per heavy atom. The molecule has 2 aliphatic carbocycles. The summed E-state index contributed by atoms with van der Waals surface area (Å²) >= 11 is 3.03. The Morgan fingerprint density at radius 1 is 0.921 bits per heavy atom. The Bertz CT molecular complexity index is 883. The molecular formula is C28H46N6O2S2. The van der Waals surface area contributed by atoms with E-state index in [4.69, 9.17) is 0 Å². The van der Waals surface area contributed by atoms with Gasteiger partial charge < -0.3 is 14.7 Å². The lowest BCUT2D eigenvalue weighted by Crippen LogP contribution is -2.54. The molecule has 5 rings (SSSR count). The van der Waals surface area contributed by atoms with E-state index in [1.807, 2.05) is 11.1 Å². The van der Waals surface area contributed by atoms with E-state index in [-0.39, 0.29) is 11.9 Å². The zero-order valence-corrected chi connectivity index (χ0v) is 24.7. The van der Waals surface area contributed by atoms with E-state index >= 15 is 0 Å². The van der Waals surface area contributed by atoms with Crippen molar-refractivity contribution in [3.63, 3.8) is 0 Å². The number of rotatable bonds is 7. The zero-order valence-electron chi connectivity index (χ0n) is 23.1. The highest BCUT2D eigenvalue weighted by atomic mass is 32.2. The van der Waals surface area contributed by atoms with E-state index in [9.17, 15) is 9.59 Å². The molecule has 4 fully saturated rings. The lowest BCUT2D eigenvalue weighted by molar-refractivity contribution is -0.130. The number of hydrogen-bond acceptors (Lipinski definition) is 7. The van der Waals surface area contributed by atoms with Gasteiger partial charge in [-0.1, -0.05) is 49.9 Å². The molecule has 0 radical (unpaired) electrons. The number of anilines is 1. The summed E-state index contributed by atoms with van der Waals surface area (Å²) in [5, 5.41) is 3.77. The lowest BCUT2D eigenvalue weighted by atomic mass is 9.89. The summed E-state index contributed by atoms with van der Waals surface area (Å²) in [6.07, 6.45) is 16.2. The van der Waals surface area contributed by atoms with Gasteiger partial charge in [-0.3, -0.25) is 15.0 Å². The van der Waals surface area contributed by atoms with E-state index in [1.165, 1.54) is 75.8 Å². The topological polar surface area (TPSA) is 72.0 Å². The predicted octanol–water partition coefficient (Wildman–Crippen LogP) is 4.97. The molecule has 38 heavy (non-hydrogen) atoms. The number of nitrogens with one attached hydrogen (secondary N) is 1. The highest BCUT2D eigenvalue weighted by Crippen LogP contribution is 2.33. The first kappa shape index (κ1) is 28.2. The van der Waals surface area contributed by atoms with Gasteiger partial charge >= 0.3 is 6.03 Å². The van der Waals surface area contributed by atoms with Crippen LogP contribution >= 0.6 is 23.1 Å². The van der Waals surface area contributed by atoms with Crippen molar-refractivity contribution in [3.8, 4) is 0 Å². The van der Waals surface area contributed by atoms with Gasteiger partial charge in [0.1, 0.15) is 0 Å². The van der Waals surface area contributed by atoms with Crippen LogP contribution < -0.4 is 5.32 Å². The van der Waals surface area contributed by atoms with Gasteiger partial charge in [0.25, 0.3) is 0 Å². The van der Waals surface area contributed by atoms with Crippen LogP contribution in [0.1, 0.15) is 77.0 Å². The fraction of sp³-hybridized carbons (Fsp3) is 0.821. The molecule has 2 aliphatic heterocycles. The molecule has 8 nitrogen and oxygen atoms in total. The molecule has 1 aromatic heterocycles. The van der Waals surface area contributed by atoms with Gasteiger partial charge in [0, 0.05) is 44.3 Å². The summed E-state index contributed by atoms with van der Waals surface area (Å²) < 4.78 is 0.987. The van der Waals surface area contributed by atoms with Crippen LogP contribution in [-0.2, 0) is 4.79 Å². The van der Waals surface area contributed by atoms with Gasteiger partial charge in [0.2, 0.25) is 5.91 Å². The molecule has 0 bridgehead atoms. The van der Waals surface area contributed by atoms with E-state index in [1.54, 1.807) is 11.8 Å². The van der Waals surface area contributed by atoms with Crippen molar-refractivity contribution >= 4 is 40.2 Å². The molecule has 1 aromatic rings. The standard InChI is InChI=1S/C28H46N6O2S2/c1-31-14-12-22(13-15-31)32-16-18-33(19-17-32)25(35)21-37-26-20-29-27(38-26)30-28(36)34(23-8-4-2-5-9-23)24-10-6-3-7-11-24/h20,22-24H,2-19,21H2,1H3,(H,29,30,36). The first-order valence-electron chi connectivity index (χ1n) is 14.9. The molecule has 0 atom stereocenters. The Morgan fingerprint density at radius 2 is 1.53 bits per heavy atom. The number of hydrogen-bond donors (Lipinski definition) is 1. The molecule has 212 valence electrons. The van der Waals surface area contributed by atoms with E-state index in [0.717, 1.165) is 56.1 Å². The number of thioether (sulfide) groups is 1. The van der Waals surface area contributed by atoms with Crippen LogP contribution in [0.4, 0.5) is 9.93 Å². The molecule has 0 spiro atoms. The predicted molar refractivity (Wildman–Crippen MR) is 156 cm³/mol. The van der Waals surface area contributed by atoms with Gasteiger partial charge in [-0.2, -0.15) is 0 Å². The number of thiazole rings is 1. The number of aromatic nitrogens is 1. The number of piperazine rings is 1. The third-order valence-corrected chi connectivity index (χ3v) is 11.2. The second kappa shape index (κ2) is 13.8. The molecule has 10 heteroatoms. The SMILES string of the molecule is CN1CCC(N2CCN(C(=O)CSc3cnc(NC(=O)N(C4CCCCC4)C4CCCCC4)s3)CC2)CC1. The zero-order chi connectivity index (χ0) is 26.3. The van der Waals surface area contributed by atoms with Crippen LogP contribution in [0.3, 0.4) is 0 Å². The minimum Gasteiger partial charge on any atom is -0.339 e. The monoisotopic (exact) mass is 562 g/mol. The largest absolute Gasteiger partial charge is 0.339 e. The molecule has 2 saturated carbocycles. The maximum atomic E-state index is 13.5. The lowest BCUT2D eigenvalue weighted by Gasteiger charge is -2.42. The van der Waals surface area contributed by atoms with Crippen LogP contribution in [0, 0.1) is 0 Å². The van der Waals surface area contributed by atoms with Crippen LogP contribution in [0.5, 0.6) is 0 Å². The first-order valence-corrected chi connectivity index (χ1v) is 16.8. The summed E-state index contributed by atoms with van der Waals surface area (Å²) in [7, 11) is 2.20. The number of likely N-dealkylation sites (tertiary alicyclic amines) is 1.